The number of pyridine rings is 1. The average molecular weight is 445 g/mol. The second-order valence-electron chi connectivity index (χ2n) is 7.98. The van der Waals surface area contributed by atoms with E-state index >= 15 is 0 Å². The third-order valence-electron chi connectivity index (χ3n) is 5.64. The van der Waals surface area contributed by atoms with Crippen LogP contribution in [0.25, 0.3) is 11.3 Å². The molecule has 1 aliphatic rings. The lowest BCUT2D eigenvalue weighted by atomic mass is 10.0. The van der Waals surface area contributed by atoms with Crippen molar-refractivity contribution < 1.29 is 17.7 Å². The first-order valence-electron chi connectivity index (χ1n) is 10.6. The molecule has 0 saturated carbocycles. The zero-order valence-corrected chi connectivity index (χ0v) is 17.9. The molecule has 0 unspecified atom stereocenters. The third kappa shape index (κ3) is 5.46. The smallest absolute Gasteiger partial charge is 0.359 e. The molecule has 0 radical (unpaired) electrons. The summed E-state index contributed by atoms with van der Waals surface area (Å²) >= 11 is 0. The summed E-state index contributed by atoms with van der Waals surface area (Å²) in [6.07, 6.45) is -2.62. The molecule has 0 amide bonds. The summed E-state index contributed by atoms with van der Waals surface area (Å²) in [5.74, 6) is 1.55. The standard InChI is InChI=1S/C23H26F3N5O/c1-29(10-11-30-12-14-31(15-13-30)22-8-4-5-9-27-22)17-18-16-21(28-32-18)19-6-2-3-7-20(19)23(24,25)26/h2-9,16H,10-15,17H2,1H3. The number of piperazine rings is 1. The summed E-state index contributed by atoms with van der Waals surface area (Å²) in [6.45, 7) is 6.00. The Balaban J connectivity index is 1.27. The van der Waals surface area contributed by atoms with Gasteiger partial charge >= 0.3 is 6.18 Å². The van der Waals surface area contributed by atoms with Gasteiger partial charge in [0.05, 0.1) is 12.1 Å². The van der Waals surface area contributed by atoms with Gasteiger partial charge in [-0.25, -0.2) is 4.98 Å². The van der Waals surface area contributed by atoms with Crippen molar-refractivity contribution in [1.29, 1.82) is 0 Å². The second-order valence-corrected chi connectivity index (χ2v) is 7.98. The van der Waals surface area contributed by atoms with Gasteiger partial charge in [0.25, 0.3) is 0 Å². The number of alkyl halides is 3. The number of hydrogen-bond acceptors (Lipinski definition) is 6. The van der Waals surface area contributed by atoms with E-state index in [4.69, 9.17) is 4.52 Å². The summed E-state index contributed by atoms with van der Waals surface area (Å²) in [7, 11) is 1.97. The lowest BCUT2D eigenvalue weighted by Crippen LogP contribution is -2.48. The van der Waals surface area contributed by atoms with E-state index in [0.717, 1.165) is 51.2 Å². The molecule has 2 aromatic heterocycles. The number of halogens is 3. The molecule has 3 aromatic rings. The zero-order valence-electron chi connectivity index (χ0n) is 17.9. The molecule has 0 aliphatic carbocycles. The lowest BCUT2D eigenvalue weighted by molar-refractivity contribution is -0.137. The molecule has 32 heavy (non-hydrogen) atoms. The molecule has 0 bridgehead atoms. The van der Waals surface area contributed by atoms with E-state index in [2.05, 4.69) is 24.8 Å². The van der Waals surface area contributed by atoms with Crippen LogP contribution in [0.1, 0.15) is 11.3 Å². The van der Waals surface area contributed by atoms with E-state index in [1.54, 1.807) is 12.1 Å². The quantitative estimate of drug-likeness (QED) is 0.548. The van der Waals surface area contributed by atoms with Crippen molar-refractivity contribution in [2.24, 2.45) is 0 Å². The van der Waals surface area contributed by atoms with Crippen LogP contribution >= 0.6 is 0 Å². The van der Waals surface area contributed by atoms with Crippen LogP contribution in [-0.4, -0.2) is 66.3 Å². The first kappa shape index (κ1) is 22.3. The molecule has 3 heterocycles. The van der Waals surface area contributed by atoms with Gasteiger partial charge < -0.3 is 9.42 Å². The molecule has 1 saturated heterocycles. The Kier molecular flexibility index (Phi) is 6.76. The lowest BCUT2D eigenvalue weighted by Gasteiger charge is -2.36. The zero-order chi connectivity index (χ0) is 22.6. The van der Waals surface area contributed by atoms with Crippen molar-refractivity contribution in [3.05, 3.63) is 66.1 Å². The van der Waals surface area contributed by atoms with Crippen LogP contribution < -0.4 is 4.90 Å². The number of hydrogen-bond donors (Lipinski definition) is 0. The largest absolute Gasteiger partial charge is 0.417 e. The van der Waals surface area contributed by atoms with Crippen LogP contribution in [0.4, 0.5) is 19.0 Å². The Morgan fingerprint density at radius 2 is 1.78 bits per heavy atom. The maximum Gasteiger partial charge on any atom is 0.417 e. The number of anilines is 1. The molecule has 9 heteroatoms. The van der Waals surface area contributed by atoms with Gasteiger partial charge in [0, 0.05) is 57.1 Å². The van der Waals surface area contributed by atoms with Crippen molar-refractivity contribution in [2.45, 2.75) is 12.7 Å². The molecule has 170 valence electrons. The number of benzene rings is 1. The summed E-state index contributed by atoms with van der Waals surface area (Å²) in [6, 6.07) is 13.0. The fourth-order valence-electron chi connectivity index (χ4n) is 3.87. The van der Waals surface area contributed by atoms with Gasteiger partial charge in [0.15, 0.2) is 5.76 Å². The monoisotopic (exact) mass is 445 g/mol. The molecule has 4 rings (SSSR count). The Morgan fingerprint density at radius 3 is 2.50 bits per heavy atom. The van der Waals surface area contributed by atoms with Crippen molar-refractivity contribution in [3.8, 4) is 11.3 Å². The Bertz CT molecular complexity index is 1000. The summed E-state index contributed by atoms with van der Waals surface area (Å²) in [5, 5.41) is 3.88. The molecular formula is C23H26F3N5O. The van der Waals surface area contributed by atoms with E-state index in [-0.39, 0.29) is 11.3 Å². The van der Waals surface area contributed by atoms with Gasteiger partial charge in [-0.2, -0.15) is 13.2 Å². The Labute approximate surface area is 185 Å². The highest BCUT2D eigenvalue weighted by Crippen LogP contribution is 2.36. The number of aromatic nitrogens is 2. The van der Waals surface area contributed by atoms with Crippen LogP contribution in [0, 0.1) is 0 Å². The second kappa shape index (κ2) is 9.70. The first-order valence-corrected chi connectivity index (χ1v) is 10.6. The van der Waals surface area contributed by atoms with E-state index < -0.39 is 11.7 Å². The maximum atomic E-state index is 13.3. The molecule has 1 fully saturated rings. The summed E-state index contributed by atoms with van der Waals surface area (Å²) < 4.78 is 45.1. The highest BCUT2D eigenvalue weighted by atomic mass is 19.4. The normalized spacial score (nSPS) is 15.5. The summed E-state index contributed by atoms with van der Waals surface area (Å²) in [5.41, 5.74) is -0.478. The van der Waals surface area contributed by atoms with Gasteiger partial charge in [0.1, 0.15) is 11.5 Å². The highest BCUT2D eigenvalue weighted by molar-refractivity contribution is 5.64. The van der Waals surface area contributed by atoms with Crippen LogP contribution in [0.2, 0.25) is 0 Å². The van der Waals surface area contributed by atoms with Gasteiger partial charge in [0.2, 0.25) is 0 Å². The molecule has 0 spiro atoms. The minimum atomic E-state index is -4.44. The molecule has 6 nitrogen and oxygen atoms in total. The predicted molar refractivity (Wildman–Crippen MR) is 116 cm³/mol. The molecule has 1 aromatic carbocycles. The molecule has 1 aliphatic heterocycles. The van der Waals surface area contributed by atoms with Gasteiger partial charge in [-0.1, -0.05) is 29.4 Å². The van der Waals surface area contributed by atoms with E-state index in [0.29, 0.717) is 12.3 Å². The topological polar surface area (TPSA) is 48.6 Å². The van der Waals surface area contributed by atoms with Crippen LogP contribution in [0.15, 0.2) is 59.3 Å². The third-order valence-corrected chi connectivity index (χ3v) is 5.64. The SMILES string of the molecule is CN(CCN1CCN(c2ccccn2)CC1)Cc1cc(-c2ccccc2C(F)(F)F)no1. The van der Waals surface area contributed by atoms with Crippen LogP contribution in [0.5, 0.6) is 0 Å². The fourth-order valence-corrected chi connectivity index (χ4v) is 3.87. The Morgan fingerprint density at radius 1 is 1.03 bits per heavy atom. The van der Waals surface area contributed by atoms with Crippen molar-refractivity contribution in [1.82, 2.24) is 19.9 Å². The molecular weight excluding hydrogens is 419 g/mol. The van der Waals surface area contributed by atoms with Crippen LogP contribution in [-0.2, 0) is 12.7 Å². The maximum absolute atomic E-state index is 13.3. The van der Waals surface area contributed by atoms with Gasteiger partial charge in [-0.05, 0) is 25.2 Å². The highest BCUT2D eigenvalue weighted by Gasteiger charge is 2.34. The van der Waals surface area contributed by atoms with Crippen LogP contribution in [0.3, 0.4) is 0 Å². The van der Waals surface area contributed by atoms with Crippen molar-refractivity contribution in [2.75, 3.05) is 51.2 Å². The number of rotatable bonds is 7. The first-order chi connectivity index (χ1) is 15.4. The van der Waals surface area contributed by atoms with Crippen molar-refractivity contribution in [3.63, 3.8) is 0 Å². The minimum absolute atomic E-state index is 0.0310. The molecule has 0 atom stereocenters. The fraction of sp³-hybridized carbons (Fsp3) is 0.391. The average Bonchev–Trinajstić information content (AvgIpc) is 3.26. The molecule has 0 N–H and O–H groups in total. The number of likely N-dealkylation sites (N-methyl/N-ethyl adjacent to an activating group) is 1. The van der Waals surface area contributed by atoms with E-state index in [1.807, 2.05) is 31.4 Å². The minimum Gasteiger partial charge on any atom is -0.359 e. The summed E-state index contributed by atoms with van der Waals surface area (Å²) in [4.78, 5) is 11.2. The number of nitrogens with zero attached hydrogens (tertiary/aromatic N) is 5. The predicted octanol–water partition coefficient (Wildman–Crippen LogP) is 4.01. The Hall–Kier alpha value is -2.91. The van der Waals surface area contributed by atoms with E-state index in [1.165, 1.54) is 12.1 Å². The van der Waals surface area contributed by atoms with Crippen molar-refractivity contribution >= 4 is 5.82 Å². The van der Waals surface area contributed by atoms with Gasteiger partial charge in [-0.3, -0.25) is 9.80 Å². The van der Waals surface area contributed by atoms with E-state index in [9.17, 15) is 13.2 Å². The van der Waals surface area contributed by atoms with Gasteiger partial charge in [-0.15, -0.1) is 0 Å².